The molecule has 2 N–H and O–H groups in total. The standard InChI is InChI=1S/C8H14ClN5/c1-3-5-11-8-13-6(9)12-7(14-8)10-4-2/h3-5H2,1-2H3,(H2,10,11,12,13,14). The summed E-state index contributed by atoms with van der Waals surface area (Å²) in [4.78, 5) is 12.0. The van der Waals surface area contributed by atoms with Crippen LogP contribution in [0.1, 0.15) is 20.3 Å². The van der Waals surface area contributed by atoms with Gasteiger partial charge in [0.15, 0.2) is 0 Å². The van der Waals surface area contributed by atoms with Crippen molar-refractivity contribution in [3.63, 3.8) is 0 Å². The van der Waals surface area contributed by atoms with Gasteiger partial charge in [-0.05, 0) is 24.9 Å². The van der Waals surface area contributed by atoms with E-state index < -0.39 is 0 Å². The zero-order chi connectivity index (χ0) is 10.4. The minimum absolute atomic E-state index is 0.203. The van der Waals surface area contributed by atoms with Gasteiger partial charge < -0.3 is 10.6 Å². The van der Waals surface area contributed by atoms with Crippen LogP contribution in [0.5, 0.6) is 0 Å². The summed E-state index contributed by atoms with van der Waals surface area (Å²) in [5.74, 6) is 1.02. The number of nitrogens with one attached hydrogen (secondary N) is 2. The van der Waals surface area contributed by atoms with Gasteiger partial charge in [-0.25, -0.2) is 0 Å². The lowest BCUT2D eigenvalue weighted by atomic mass is 10.5. The first-order valence-corrected chi connectivity index (χ1v) is 5.03. The van der Waals surface area contributed by atoms with Crippen LogP contribution in [-0.4, -0.2) is 28.0 Å². The van der Waals surface area contributed by atoms with E-state index in [9.17, 15) is 0 Å². The quantitative estimate of drug-likeness (QED) is 0.784. The van der Waals surface area contributed by atoms with Crippen LogP contribution in [-0.2, 0) is 0 Å². The summed E-state index contributed by atoms with van der Waals surface area (Å²) in [6, 6.07) is 0. The summed E-state index contributed by atoms with van der Waals surface area (Å²) >= 11 is 5.72. The number of nitrogens with zero attached hydrogens (tertiary/aromatic N) is 3. The largest absolute Gasteiger partial charge is 0.354 e. The monoisotopic (exact) mass is 215 g/mol. The minimum Gasteiger partial charge on any atom is -0.354 e. The van der Waals surface area contributed by atoms with Crippen molar-refractivity contribution < 1.29 is 0 Å². The van der Waals surface area contributed by atoms with Gasteiger partial charge in [-0.1, -0.05) is 6.92 Å². The SMILES string of the molecule is CCCNc1nc(Cl)nc(NCC)n1. The Kier molecular flexibility index (Phi) is 4.39. The molecule has 0 saturated heterocycles. The second kappa shape index (κ2) is 5.59. The molecule has 6 heteroatoms. The molecule has 0 aliphatic heterocycles. The molecule has 1 aromatic rings. The van der Waals surface area contributed by atoms with E-state index in [2.05, 4.69) is 32.5 Å². The summed E-state index contributed by atoms with van der Waals surface area (Å²) in [7, 11) is 0. The molecule has 0 spiro atoms. The lowest BCUT2D eigenvalue weighted by molar-refractivity contribution is 0.935. The van der Waals surface area contributed by atoms with E-state index in [4.69, 9.17) is 11.6 Å². The first-order chi connectivity index (χ1) is 6.76. The minimum atomic E-state index is 0.203. The first-order valence-electron chi connectivity index (χ1n) is 4.65. The Hall–Kier alpha value is -1.10. The van der Waals surface area contributed by atoms with Gasteiger partial charge >= 0.3 is 0 Å². The van der Waals surface area contributed by atoms with E-state index >= 15 is 0 Å². The van der Waals surface area contributed by atoms with Crippen molar-refractivity contribution in [2.45, 2.75) is 20.3 Å². The van der Waals surface area contributed by atoms with Gasteiger partial charge in [0.1, 0.15) is 0 Å². The number of anilines is 2. The lowest BCUT2D eigenvalue weighted by Crippen LogP contribution is -2.09. The Bertz CT molecular complexity index is 291. The van der Waals surface area contributed by atoms with Gasteiger partial charge in [0.05, 0.1) is 0 Å². The molecule has 5 nitrogen and oxygen atoms in total. The summed E-state index contributed by atoms with van der Waals surface area (Å²) in [6.45, 7) is 5.62. The fraction of sp³-hybridized carbons (Fsp3) is 0.625. The second-order valence-corrected chi connectivity index (χ2v) is 3.05. The molecule has 0 unspecified atom stereocenters. The van der Waals surface area contributed by atoms with Gasteiger partial charge in [-0.3, -0.25) is 0 Å². The van der Waals surface area contributed by atoms with Crippen molar-refractivity contribution in [2.75, 3.05) is 23.7 Å². The molecule has 0 amide bonds. The van der Waals surface area contributed by atoms with E-state index in [1.165, 1.54) is 0 Å². The Labute approximate surface area is 88.3 Å². The topological polar surface area (TPSA) is 62.7 Å². The van der Waals surface area contributed by atoms with Crippen molar-refractivity contribution in [3.8, 4) is 0 Å². The highest BCUT2D eigenvalue weighted by atomic mass is 35.5. The highest BCUT2D eigenvalue weighted by Gasteiger charge is 2.02. The number of halogens is 1. The van der Waals surface area contributed by atoms with Crippen LogP contribution in [0, 0.1) is 0 Å². The Morgan fingerprint density at radius 2 is 1.71 bits per heavy atom. The number of hydrogen-bond acceptors (Lipinski definition) is 5. The van der Waals surface area contributed by atoms with Crippen LogP contribution >= 0.6 is 11.6 Å². The highest BCUT2D eigenvalue weighted by Crippen LogP contribution is 2.08. The lowest BCUT2D eigenvalue weighted by Gasteiger charge is -2.05. The molecule has 0 fully saturated rings. The smallest absolute Gasteiger partial charge is 0.228 e. The van der Waals surface area contributed by atoms with Crippen LogP contribution in [0.25, 0.3) is 0 Å². The average Bonchev–Trinajstić information content (AvgIpc) is 2.14. The molecule has 0 atom stereocenters. The maximum atomic E-state index is 5.72. The van der Waals surface area contributed by atoms with E-state index in [0.717, 1.165) is 19.5 Å². The maximum Gasteiger partial charge on any atom is 0.228 e. The van der Waals surface area contributed by atoms with Gasteiger partial charge in [0.2, 0.25) is 17.2 Å². The van der Waals surface area contributed by atoms with Crippen molar-refractivity contribution in [1.82, 2.24) is 15.0 Å². The van der Waals surface area contributed by atoms with Crippen LogP contribution in [0.2, 0.25) is 5.28 Å². The zero-order valence-corrected chi connectivity index (χ0v) is 9.10. The summed E-state index contributed by atoms with van der Waals surface area (Å²) in [6.07, 6.45) is 1.01. The Morgan fingerprint density at radius 1 is 1.07 bits per heavy atom. The Morgan fingerprint density at radius 3 is 2.29 bits per heavy atom. The third-order valence-corrected chi connectivity index (χ3v) is 1.65. The maximum absolute atomic E-state index is 5.72. The summed E-state index contributed by atoms with van der Waals surface area (Å²) in [5, 5.41) is 6.23. The molecular formula is C8H14ClN5. The van der Waals surface area contributed by atoms with Crippen molar-refractivity contribution >= 4 is 23.5 Å². The third-order valence-electron chi connectivity index (χ3n) is 1.48. The van der Waals surface area contributed by atoms with E-state index in [1.54, 1.807) is 0 Å². The molecule has 1 heterocycles. The molecule has 0 bridgehead atoms. The number of rotatable bonds is 5. The molecule has 1 rings (SSSR count). The predicted octanol–water partition coefficient (Wildman–Crippen LogP) is 1.78. The zero-order valence-electron chi connectivity index (χ0n) is 8.34. The number of hydrogen-bond donors (Lipinski definition) is 2. The first kappa shape index (κ1) is 11.0. The van der Waals surface area contributed by atoms with Crippen LogP contribution in [0.4, 0.5) is 11.9 Å². The van der Waals surface area contributed by atoms with Crippen LogP contribution < -0.4 is 10.6 Å². The fourth-order valence-corrected chi connectivity index (χ4v) is 1.06. The average molecular weight is 216 g/mol. The van der Waals surface area contributed by atoms with Crippen molar-refractivity contribution in [2.24, 2.45) is 0 Å². The third kappa shape index (κ3) is 3.33. The molecule has 1 aromatic heterocycles. The van der Waals surface area contributed by atoms with Crippen LogP contribution in [0.3, 0.4) is 0 Å². The summed E-state index contributed by atoms with van der Waals surface area (Å²) in [5.41, 5.74) is 0. The van der Waals surface area contributed by atoms with Gasteiger partial charge in [-0.2, -0.15) is 15.0 Å². The van der Waals surface area contributed by atoms with E-state index in [1.807, 2.05) is 6.92 Å². The molecule has 0 aliphatic rings. The predicted molar refractivity (Wildman–Crippen MR) is 57.8 cm³/mol. The van der Waals surface area contributed by atoms with Gasteiger partial charge in [0, 0.05) is 13.1 Å². The normalized spacial score (nSPS) is 9.93. The fourth-order valence-electron chi connectivity index (χ4n) is 0.903. The summed E-state index contributed by atoms with van der Waals surface area (Å²) < 4.78 is 0. The molecule has 0 radical (unpaired) electrons. The molecule has 78 valence electrons. The van der Waals surface area contributed by atoms with Gasteiger partial charge in [-0.15, -0.1) is 0 Å². The molecule has 0 saturated carbocycles. The van der Waals surface area contributed by atoms with E-state index in [-0.39, 0.29) is 5.28 Å². The van der Waals surface area contributed by atoms with E-state index in [0.29, 0.717) is 11.9 Å². The van der Waals surface area contributed by atoms with Crippen LogP contribution in [0.15, 0.2) is 0 Å². The van der Waals surface area contributed by atoms with Gasteiger partial charge in [0.25, 0.3) is 0 Å². The second-order valence-electron chi connectivity index (χ2n) is 2.71. The highest BCUT2D eigenvalue weighted by molar-refractivity contribution is 6.28. The molecule has 14 heavy (non-hydrogen) atoms. The molecular weight excluding hydrogens is 202 g/mol. The molecule has 0 aliphatic carbocycles. The van der Waals surface area contributed by atoms with Crippen molar-refractivity contribution in [3.05, 3.63) is 5.28 Å². The molecule has 0 aromatic carbocycles. The van der Waals surface area contributed by atoms with Crippen molar-refractivity contribution in [1.29, 1.82) is 0 Å². The number of aromatic nitrogens is 3. The Balaban J connectivity index is 2.73.